The minimum absolute atomic E-state index is 0.208. The van der Waals surface area contributed by atoms with Crippen LogP contribution < -0.4 is 10.9 Å². The molecule has 0 atom stereocenters. The van der Waals surface area contributed by atoms with E-state index in [9.17, 15) is 9.59 Å². The van der Waals surface area contributed by atoms with Crippen LogP contribution in [0, 0.1) is 10.5 Å². The maximum atomic E-state index is 13.5. The van der Waals surface area contributed by atoms with Crippen LogP contribution in [0.4, 0.5) is 5.69 Å². The summed E-state index contributed by atoms with van der Waals surface area (Å²) in [7, 11) is 0. The fraction of sp³-hybridized carbons (Fsp3) is 0.0417. The van der Waals surface area contributed by atoms with Gasteiger partial charge in [-0.1, -0.05) is 23.2 Å². The predicted molar refractivity (Wildman–Crippen MR) is 133 cm³/mol. The average Bonchev–Trinajstić information content (AvgIpc) is 3.04. The molecule has 0 aliphatic carbocycles. The third-order valence-electron chi connectivity index (χ3n) is 5.17. The third kappa shape index (κ3) is 3.55. The number of aromatic nitrogens is 2. The molecule has 0 saturated carbocycles. The van der Waals surface area contributed by atoms with Crippen molar-refractivity contribution in [2.75, 3.05) is 5.32 Å². The lowest BCUT2D eigenvalue weighted by molar-refractivity contribution is -0.110. The average molecular weight is 540 g/mol. The van der Waals surface area contributed by atoms with Gasteiger partial charge in [0.25, 0.3) is 11.5 Å². The van der Waals surface area contributed by atoms with Crippen LogP contribution in [0.1, 0.15) is 17.0 Å². The van der Waals surface area contributed by atoms with Gasteiger partial charge in [0.2, 0.25) is 0 Å². The summed E-state index contributed by atoms with van der Waals surface area (Å²) in [4.78, 5) is 31.0. The van der Waals surface area contributed by atoms with E-state index in [-0.39, 0.29) is 11.5 Å². The molecule has 0 bridgehead atoms. The number of amides is 1. The number of halogens is 2. The molecule has 152 valence electrons. The van der Waals surface area contributed by atoms with E-state index in [0.29, 0.717) is 33.0 Å². The standard InChI is InChI=1S/C24H15ClIN3O2/c1-13-2-8-20-17(10-13)18(23(30)28-20)12-22-27-21-9-5-15(26)11-19(21)24(31)29(22)16-6-3-14(25)4-7-16/h2-12H,1H3,(H,28,30). The van der Waals surface area contributed by atoms with Crippen molar-refractivity contribution >= 4 is 68.3 Å². The van der Waals surface area contributed by atoms with Gasteiger partial charge >= 0.3 is 0 Å². The van der Waals surface area contributed by atoms with Crippen LogP contribution in [-0.2, 0) is 4.79 Å². The maximum absolute atomic E-state index is 13.5. The van der Waals surface area contributed by atoms with Gasteiger partial charge in [0, 0.05) is 19.8 Å². The highest BCUT2D eigenvalue weighted by Crippen LogP contribution is 2.34. The zero-order valence-electron chi connectivity index (χ0n) is 16.3. The highest BCUT2D eigenvalue weighted by Gasteiger charge is 2.25. The molecule has 1 N–H and O–H groups in total. The lowest BCUT2D eigenvalue weighted by atomic mass is 10.0. The largest absolute Gasteiger partial charge is 0.321 e. The minimum Gasteiger partial charge on any atom is -0.321 e. The summed E-state index contributed by atoms with van der Waals surface area (Å²) in [6.45, 7) is 1.97. The van der Waals surface area contributed by atoms with E-state index >= 15 is 0 Å². The molecule has 0 unspecified atom stereocenters. The molecule has 1 amide bonds. The molecule has 2 heterocycles. The Hall–Kier alpha value is -2.97. The minimum atomic E-state index is -0.222. The molecular weight excluding hydrogens is 525 g/mol. The van der Waals surface area contributed by atoms with Crippen molar-refractivity contribution in [2.45, 2.75) is 6.92 Å². The molecule has 3 aromatic carbocycles. The number of aryl methyl sites for hydroxylation is 1. The van der Waals surface area contributed by atoms with Crippen LogP contribution in [0.5, 0.6) is 0 Å². The van der Waals surface area contributed by atoms with E-state index in [2.05, 4.69) is 27.9 Å². The van der Waals surface area contributed by atoms with Crippen LogP contribution >= 0.6 is 34.2 Å². The highest BCUT2D eigenvalue weighted by atomic mass is 127. The molecule has 4 aromatic rings. The van der Waals surface area contributed by atoms with Gasteiger partial charge in [-0.3, -0.25) is 14.2 Å². The summed E-state index contributed by atoms with van der Waals surface area (Å²) in [6, 6.07) is 18.3. The Morgan fingerprint density at radius 3 is 2.58 bits per heavy atom. The van der Waals surface area contributed by atoms with E-state index in [4.69, 9.17) is 16.6 Å². The van der Waals surface area contributed by atoms with Crippen LogP contribution in [-0.4, -0.2) is 15.5 Å². The second-order valence-electron chi connectivity index (χ2n) is 7.31. The van der Waals surface area contributed by atoms with Gasteiger partial charge in [0.1, 0.15) is 5.82 Å². The molecule has 31 heavy (non-hydrogen) atoms. The van der Waals surface area contributed by atoms with Crippen molar-refractivity contribution in [1.82, 2.24) is 9.55 Å². The molecule has 0 saturated heterocycles. The van der Waals surface area contributed by atoms with Gasteiger partial charge in [-0.25, -0.2) is 4.98 Å². The second-order valence-corrected chi connectivity index (χ2v) is 8.99. The van der Waals surface area contributed by atoms with E-state index < -0.39 is 0 Å². The fourth-order valence-electron chi connectivity index (χ4n) is 3.69. The summed E-state index contributed by atoms with van der Waals surface area (Å²) >= 11 is 8.23. The molecule has 5 rings (SSSR count). The Morgan fingerprint density at radius 2 is 1.81 bits per heavy atom. The van der Waals surface area contributed by atoms with Gasteiger partial charge in [0.05, 0.1) is 22.2 Å². The maximum Gasteiger partial charge on any atom is 0.266 e. The van der Waals surface area contributed by atoms with Crippen molar-refractivity contribution in [3.8, 4) is 5.69 Å². The molecular formula is C24H15ClIN3O2. The molecule has 0 fully saturated rings. The summed E-state index contributed by atoms with van der Waals surface area (Å²) in [6.07, 6.45) is 1.67. The van der Waals surface area contributed by atoms with Crippen molar-refractivity contribution in [2.24, 2.45) is 0 Å². The van der Waals surface area contributed by atoms with E-state index in [1.54, 1.807) is 30.3 Å². The third-order valence-corrected chi connectivity index (χ3v) is 6.10. The van der Waals surface area contributed by atoms with Crippen molar-refractivity contribution in [3.63, 3.8) is 0 Å². The number of rotatable bonds is 2. The number of nitrogens with zero attached hydrogens (tertiary/aromatic N) is 2. The molecule has 1 aliphatic heterocycles. The number of hydrogen-bond donors (Lipinski definition) is 1. The summed E-state index contributed by atoms with van der Waals surface area (Å²) < 4.78 is 2.46. The lowest BCUT2D eigenvalue weighted by Gasteiger charge is -2.12. The highest BCUT2D eigenvalue weighted by molar-refractivity contribution is 14.1. The van der Waals surface area contributed by atoms with Gasteiger partial charge in [-0.2, -0.15) is 0 Å². The van der Waals surface area contributed by atoms with Crippen molar-refractivity contribution < 1.29 is 4.79 Å². The topological polar surface area (TPSA) is 64.0 Å². The Kier molecular flexibility index (Phi) is 4.91. The smallest absolute Gasteiger partial charge is 0.266 e. The number of fused-ring (bicyclic) bond motifs is 2. The Bertz CT molecular complexity index is 1470. The number of benzene rings is 3. The normalized spacial score (nSPS) is 14.2. The van der Waals surface area contributed by atoms with E-state index in [0.717, 1.165) is 20.4 Å². The second kappa shape index (κ2) is 7.62. The molecule has 1 aromatic heterocycles. The van der Waals surface area contributed by atoms with Crippen LogP contribution in [0.2, 0.25) is 5.02 Å². The zero-order chi connectivity index (χ0) is 21.7. The summed E-state index contributed by atoms with van der Waals surface area (Å²) in [5.41, 5.74) is 4.04. The Labute approximate surface area is 196 Å². The van der Waals surface area contributed by atoms with Gasteiger partial charge in [-0.05, 0) is 90.2 Å². The van der Waals surface area contributed by atoms with E-state index in [1.807, 2.05) is 43.3 Å². The Balaban J connectivity index is 1.82. The first-order valence-electron chi connectivity index (χ1n) is 9.53. The van der Waals surface area contributed by atoms with Crippen molar-refractivity contribution in [1.29, 1.82) is 0 Å². The van der Waals surface area contributed by atoms with E-state index in [1.165, 1.54) is 4.57 Å². The number of hydrogen-bond acceptors (Lipinski definition) is 3. The van der Waals surface area contributed by atoms with Gasteiger partial charge < -0.3 is 5.32 Å². The Morgan fingerprint density at radius 1 is 1.03 bits per heavy atom. The fourth-order valence-corrected chi connectivity index (χ4v) is 4.30. The molecule has 5 nitrogen and oxygen atoms in total. The first-order chi connectivity index (χ1) is 14.9. The monoisotopic (exact) mass is 539 g/mol. The number of nitrogens with one attached hydrogen (secondary N) is 1. The predicted octanol–water partition coefficient (Wildman–Crippen LogP) is 5.44. The SMILES string of the molecule is Cc1ccc2c(c1)C(=Cc1nc3ccc(I)cc3c(=O)n1-c1ccc(Cl)cc1)C(=O)N2. The van der Waals surface area contributed by atoms with Crippen LogP contribution in [0.3, 0.4) is 0 Å². The first-order valence-corrected chi connectivity index (χ1v) is 11.0. The first kappa shape index (κ1) is 20.0. The number of carbonyl (C=O) groups is 1. The molecule has 7 heteroatoms. The lowest BCUT2D eigenvalue weighted by Crippen LogP contribution is -2.22. The summed E-state index contributed by atoms with van der Waals surface area (Å²) in [5.74, 6) is 0.153. The zero-order valence-corrected chi connectivity index (χ0v) is 19.2. The number of carbonyl (C=O) groups excluding carboxylic acids is 1. The van der Waals surface area contributed by atoms with Crippen molar-refractivity contribution in [3.05, 3.63) is 96.6 Å². The summed E-state index contributed by atoms with van der Waals surface area (Å²) in [5, 5.41) is 3.96. The molecule has 1 aliphatic rings. The van der Waals surface area contributed by atoms with Crippen LogP contribution in [0.15, 0.2) is 65.5 Å². The number of anilines is 1. The molecule has 0 spiro atoms. The van der Waals surface area contributed by atoms with Gasteiger partial charge in [0.15, 0.2) is 0 Å². The quantitative estimate of drug-likeness (QED) is 0.272. The van der Waals surface area contributed by atoms with Crippen LogP contribution in [0.25, 0.3) is 28.2 Å². The molecule has 0 radical (unpaired) electrons. The van der Waals surface area contributed by atoms with Gasteiger partial charge in [-0.15, -0.1) is 0 Å².